The molecule has 0 aliphatic heterocycles. The van der Waals surface area contributed by atoms with E-state index in [1.165, 1.54) is 0 Å². The summed E-state index contributed by atoms with van der Waals surface area (Å²) < 4.78 is 0. The zero-order valence-corrected chi connectivity index (χ0v) is 34.5. The second-order valence-electron chi connectivity index (χ2n) is 14.7. The number of hydrogen-bond donors (Lipinski definition) is 0. The maximum Gasteiger partial charge on any atom is 0.144 e. The van der Waals surface area contributed by atoms with E-state index >= 15 is 0 Å². The molecule has 0 bridgehead atoms. The Labute approximate surface area is 360 Å². The van der Waals surface area contributed by atoms with Crippen LogP contribution in [0.15, 0.2) is 241 Å². The topological polar surface area (TPSA) is 37.7 Å². The van der Waals surface area contributed by atoms with Gasteiger partial charge in [0.1, 0.15) is 6.17 Å². The van der Waals surface area contributed by atoms with Crippen LogP contribution in [0.2, 0.25) is 0 Å². The smallest absolute Gasteiger partial charge is 0.144 e. The lowest BCUT2D eigenvalue weighted by Crippen LogP contribution is -2.44. The molecule has 8 aromatic rings. The Bertz CT molecular complexity index is 2290. The van der Waals surface area contributed by atoms with Crippen molar-refractivity contribution in [2.24, 2.45) is 10.2 Å². The van der Waals surface area contributed by atoms with Crippen LogP contribution in [0.5, 0.6) is 0 Å². The Balaban J connectivity index is 1.12. The van der Waals surface area contributed by atoms with Gasteiger partial charge in [-0.15, -0.1) is 0 Å². The molecule has 6 nitrogen and oxygen atoms in total. The summed E-state index contributed by atoms with van der Waals surface area (Å²) in [6.07, 6.45) is 6.56. The fourth-order valence-corrected chi connectivity index (χ4v) is 7.41. The molecule has 0 aromatic heterocycles. The molecule has 0 aliphatic carbocycles. The van der Waals surface area contributed by atoms with Crippen molar-refractivity contribution in [3.8, 4) is 0 Å². The number of para-hydroxylation sites is 6. The molecule has 8 aromatic carbocycles. The number of benzene rings is 8. The van der Waals surface area contributed by atoms with Crippen LogP contribution < -0.4 is 19.8 Å². The molecule has 0 fully saturated rings. The average molecular weight is 795 g/mol. The van der Waals surface area contributed by atoms with Crippen molar-refractivity contribution in [1.29, 1.82) is 0 Å². The number of anilines is 8. The highest BCUT2D eigenvalue weighted by molar-refractivity contribution is 5.85. The molecule has 8 rings (SSSR count). The molecule has 0 radical (unpaired) electrons. The van der Waals surface area contributed by atoms with E-state index < -0.39 is 0 Å². The van der Waals surface area contributed by atoms with E-state index in [2.05, 4.69) is 221 Å². The molecule has 300 valence electrons. The first-order valence-electron chi connectivity index (χ1n) is 21.0. The highest BCUT2D eigenvalue weighted by Gasteiger charge is 2.26. The van der Waals surface area contributed by atoms with Crippen LogP contribution in [-0.2, 0) is 0 Å². The molecular weight excluding hydrogens is 745 g/mol. The predicted octanol–water partition coefficient (Wildman–Crippen LogP) is 14.5. The van der Waals surface area contributed by atoms with Gasteiger partial charge in [-0.3, -0.25) is 0 Å². The molecule has 0 spiro atoms. The van der Waals surface area contributed by atoms with E-state index in [0.29, 0.717) is 0 Å². The van der Waals surface area contributed by atoms with Crippen molar-refractivity contribution in [3.05, 3.63) is 242 Å². The zero-order chi connectivity index (χ0) is 41.5. The molecule has 0 unspecified atom stereocenters. The van der Waals surface area contributed by atoms with Gasteiger partial charge in [-0.2, -0.15) is 10.2 Å². The van der Waals surface area contributed by atoms with E-state index in [1.54, 1.807) is 0 Å². The van der Waals surface area contributed by atoms with E-state index in [0.717, 1.165) is 75.9 Å². The van der Waals surface area contributed by atoms with Gasteiger partial charge in [-0.1, -0.05) is 147 Å². The maximum atomic E-state index is 5.27. The quantitative estimate of drug-likeness (QED) is 0.0523. The largest absolute Gasteiger partial charge is 0.311 e. The van der Waals surface area contributed by atoms with Gasteiger partial charge in [-0.25, -0.2) is 10.0 Å². The number of hydrogen-bond acceptors (Lipinski definition) is 6. The van der Waals surface area contributed by atoms with Gasteiger partial charge in [0.2, 0.25) is 0 Å². The minimum absolute atomic E-state index is 0.228. The summed E-state index contributed by atoms with van der Waals surface area (Å²) in [4.78, 5) is 4.54. The number of nitrogens with zero attached hydrogens (tertiary/aromatic N) is 6. The van der Waals surface area contributed by atoms with E-state index in [1.807, 2.05) is 48.8 Å². The summed E-state index contributed by atoms with van der Waals surface area (Å²) in [5, 5.41) is 14.8. The predicted molar refractivity (Wildman–Crippen MR) is 259 cm³/mol. The van der Waals surface area contributed by atoms with Crippen LogP contribution in [0.3, 0.4) is 0 Å². The molecule has 0 atom stereocenters. The highest BCUT2D eigenvalue weighted by atomic mass is 15.6. The van der Waals surface area contributed by atoms with Crippen molar-refractivity contribution in [1.82, 2.24) is 0 Å². The second-order valence-corrected chi connectivity index (χ2v) is 14.7. The summed E-state index contributed by atoms with van der Waals surface area (Å²) in [6, 6.07) is 79.9. The first-order valence-corrected chi connectivity index (χ1v) is 21.0. The van der Waals surface area contributed by atoms with Crippen LogP contribution in [0.4, 0.5) is 45.5 Å². The molecule has 0 saturated carbocycles. The fourth-order valence-electron chi connectivity index (χ4n) is 7.41. The Morgan fingerprint density at radius 2 is 0.607 bits per heavy atom. The van der Waals surface area contributed by atoms with Gasteiger partial charge in [0.25, 0.3) is 0 Å². The Morgan fingerprint density at radius 3 is 0.885 bits per heavy atom. The van der Waals surface area contributed by atoms with Crippen LogP contribution in [0.25, 0.3) is 0 Å². The average Bonchev–Trinajstić information content (AvgIpc) is 3.34. The van der Waals surface area contributed by atoms with Crippen molar-refractivity contribution < 1.29 is 0 Å². The van der Waals surface area contributed by atoms with Crippen molar-refractivity contribution in [2.45, 2.75) is 32.4 Å². The Morgan fingerprint density at radius 1 is 0.344 bits per heavy atom. The number of unbranched alkanes of at least 4 members (excludes halogenated alkanes) is 1. The second kappa shape index (κ2) is 20.3. The van der Waals surface area contributed by atoms with Gasteiger partial charge in [0.05, 0.1) is 23.8 Å². The van der Waals surface area contributed by atoms with Crippen molar-refractivity contribution in [3.63, 3.8) is 0 Å². The molecule has 0 N–H and O–H groups in total. The van der Waals surface area contributed by atoms with E-state index in [4.69, 9.17) is 10.2 Å². The monoisotopic (exact) mass is 794 g/mol. The van der Waals surface area contributed by atoms with E-state index in [9.17, 15) is 0 Å². The molecule has 61 heavy (non-hydrogen) atoms. The summed E-state index contributed by atoms with van der Waals surface area (Å²) in [5.41, 5.74) is 10.5. The Kier molecular flexibility index (Phi) is 13.4. The molecule has 0 aliphatic rings. The normalized spacial score (nSPS) is 11.2. The van der Waals surface area contributed by atoms with Gasteiger partial charge in [-0.05, 0) is 121 Å². The maximum absolute atomic E-state index is 5.27. The number of hydrazone groups is 2. The van der Waals surface area contributed by atoms with E-state index in [-0.39, 0.29) is 6.17 Å². The zero-order valence-electron chi connectivity index (χ0n) is 34.5. The van der Waals surface area contributed by atoms with Crippen LogP contribution in [0, 0.1) is 0 Å². The molecular formula is C55H50N6. The highest BCUT2D eigenvalue weighted by Crippen LogP contribution is 2.36. The third-order valence-electron chi connectivity index (χ3n) is 10.4. The first-order chi connectivity index (χ1) is 30.2. The fraction of sp³-hybridized carbons (Fsp3) is 0.0909. The van der Waals surface area contributed by atoms with Crippen LogP contribution >= 0.6 is 0 Å². The van der Waals surface area contributed by atoms with Gasteiger partial charge >= 0.3 is 0 Å². The van der Waals surface area contributed by atoms with Gasteiger partial charge in [0.15, 0.2) is 0 Å². The van der Waals surface area contributed by atoms with Gasteiger partial charge in [0, 0.05) is 34.1 Å². The van der Waals surface area contributed by atoms with Crippen molar-refractivity contribution in [2.75, 3.05) is 19.8 Å². The molecule has 0 heterocycles. The summed E-state index contributed by atoms with van der Waals surface area (Å²) in [7, 11) is 0. The molecule has 0 saturated heterocycles. The third-order valence-corrected chi connectivity index (χ3v) is 10.4. The summed E-state index contributed by atoms with van der Waals surface area (Å²) in [6.45, 7) is 2.23. The minimum atomic E-state index is -0.228. The first kappa shape index (κ1) is 40.1. The van der Waals surface area contributed by atoms with Crippen molar-refractivity contribution >= 4 is 57.9 Å². The standard InChI is InChI=1S/C55H50N6/c1-2-3-34-55(60(53-30-18-8-19-31-53)56-43-45-35-39-51(40-36-45)58(47-22-10-4-11-23-47)48-24-12-5-13-25-48)61(54-32-20-9-21-33-54)57-44-46-37-41-52(42-38-46)59(49-26-14-6-15-27-49)50-28-16-7-17-29-50/h4-33,35-44,55H,2-3,34H2,1H3/b56-43+,57-44+. The van der Waals surface area contributed by atoms with Gasteiger partial charge < -0.3 is 9.80 Å². The molecule has 6 heteroatoms. The SMILES string of the molecule is CCCCC(N(/N=C/c1ccc(N(c2ccccc2)c2ccccc2)cc1)c1ccccc1)N(/N=C/c1ccc(N(c2ccccc2)c2ccccc2)cc1)c1ccccc1. The third kappa shape index (κ3) is 10.1. The number of rotatable bonds is 17. The lowest BCUT2D eigenvalue weighted by Gasteiger charge is -2.36. The lowest BCUT2D eigenvalue weighted by atomic mass is 10.1. The summed E-state index contributed by atoms with van der Waals surface area (Å²) >= 11 is 0. The summed E-state index contributed by atoms with van der Waals surface area (Å²) in [5.74, 6) is 0. The van der Waals surface area contributed by atoms with Crippen LogP contribution in [0.1, 0.15) is 37.3 Å². The minimum Gasteiger partial charge on any atom is -0.311 e. The van der Waals surface area contributed by atoms with Crippen LogP contribution in [-0.4, -0.2) is 18.6 Å². The molecule has 0 amide bonds. The Hall–Kier alpha value is -7.70. The lowest BCUT2D eigenvalue weighted by molar-refractivity contribution is 0.513.